The number of hydrogen-bond acceptors (Lipinski definition) is 10. The van der Waals surface area contributed by atoms with Gasteiger partial charge >= 0.3 is 0 Å². The molecule has 3 saturated heterocycles. The van der Waals surface area contributed by atoms with E-state index in [0.717, 1.165) is 86.9 Å². The van der Waals surface area contributed by atoms with Crippen molar-refractivity contribution in [2.75, 3.05) is 67.2 Å². The second-order valence-electron chi connectivity index (χ2n) is 9.74. The average Bonchev–Trinajstić information content (AvgIpc) is 3.48. The van der Waals surface area contributed by atoms with Gasteiger partial charge in [0.25, 0.3) is 0 Å². The Hall–Kier alpha value is -3.11. The first kappa shape index (κ1) is 22.4. The van der Waals surface area contributed by atoms with Crippen molar-refractivity contribution in [1.82, 2.24) is 25.6 Å². The van der Waals surface area contributed by atoms with E-state index < -0.39 is 6.10 Å². The normalized spacial score (nSPS) is 22.1. The molecule has 3 aliphatic heterocycles. The van der Waals surface area contributed by atoms with Gasteiger partial charge < -0.3 is 24.5 Å². The van der Waals surface area contributed by atoms with Crippen molar-refractivity contribution in [3.8, 4) is 0 Å². The Morgan fingerprint density at radius 3 is 2.51 bits per heavy atom. The highest BCUT2D eigenvalue weighted by molar-refractivity contribution is 5.91. The molecule has 3 fully saturated rings. The van der Waals surface area contributed by atoms with Crippen LogP contribution in [0.2, 0.25) is 0 Å². The fourth-order valence-electron chi connectivity index (χ4n) is 5.58. The summed E-state index contributed by atoms with van der Waals surface area (Å²) in [6, 6.07) is 8.34. The lowest BCUT2D eigenvalue weighted by molar-refractivity contribution is 0.0932. The lowest BCUT2D eigenvalue weighted by Gasteiger charge is -2.35. The highest BCUT2D eigenvalue weighted by atomic mass is 16.5. The highest BCUT2D eigenvalue weighted by Crippen LogP contribution is 2.34. The Balaban J connectivity index is 1.21. The minimum Gasteiger partial charge on any atom is -0.386 e. The maximum atomic E-state index is 11.3. The van der Waals surface area contributed by atoms with Crippen molar-refractivity contribution in [2.24, 2.45) is 5.92 Å². The first-order valence-electron chi connectivity index (χ1n) is 12.7. The van der Waals surface area contributed by atoms with E-state index in [4.69, 9.17) is 4.74 Å². The zero-order valence-electron chi connectivity index (χ0n) is 20.0. The van der Waals surface area contributed by atoms with Crippen LogP contribution in [0.3, 0.4) is 0 Å². The zero-order valence-corrected chi connectivity index (χ0v) is 20.0. The van der Waals surface area contributed by atoms with Gasteiger partial charge in [-0.25, -0.2) is 0 Å². The molecule has 5 heterocycles. The Labute approximate surface area is 204 Å². The zero-order chi connectivity index (χ0) is 23.6. The summed E-state index contributed by atoms with van der Waals surface area (Å²) in [6.45, 7) is 6.90. The lowest BCUT2D eigenvalue weighted by atomic mass is 9.90. The third-order valence-corrected chi connectivity index (χ3v) is 7.53. The summed E-state index contributed by atoms with van der Waals surface area (Å²) < 4.78 is 5.48. The molecule has 3 aliphatic rings. The van der Waals surface area contributed by atoms with Gasteiger partial charge in [-0.15, -0.1) is 10.2 Å². The summed E-state index contributed by atoms with van der Waals surface area (Å²) in [4.78, 5) is 6.87. The maximum absolute atomic E-state index is 11.3. The van der Waals surface area contributed by atoms with E-state index in [0.29, 0.717) is 12.2 Å². The van der Waals surface area contributed by atoms with E-state index in [9.17, 15) is 5.11 Å². The number of aliphatic hydroxyl groups is 1. The Morgan fingerprint density at radius 2 is 1.66 bits per heavy atom. The summed E-state index contributed by atoms with van der Waals surface area (Å²) in [7, 11) is 0. The average molecular weight is 477 g/mol. The predicted octanol–water partition coefficient (Wildman–Crippen LogP) is 2.20. The van der Waals surface area contributed by atoms with Gasteiger partial charge in [-0.1, -0.05) is 0 Å². The van der Waals surface area contributed by atoms with Crippen LogP contribution in [0.5, 0.6) is 0 Å². The molecule has 10 heteroatoms. The van der Waals surface area contributed by atoms with Crippen LogP contribution in [0.4, 0.5) is 17.2 Å². The van der Waals surface area contributed by atoms with Crippen LogP contribution in [0.15, 0.2) is 30.5 Å². The fourth-order valence-corrected chi connectivity index (χ4v) is 5.58. The van der Waals surface area contributed by atoms with E-state index in [1.807, 2.05) is 6.07 Å². The largest absolute Gasteiger partial charge is 0.386 e. The van der Waals surface area contributed by atoms with Gasteiger partial charge in [-0.05, 0) is 55.2 Å². The molecule has 184 valence electrons. The number of piperidine rings is 1. The third kappa shape index (κ3) is 4.60. The number of rotatable bonds is 5. The van der Waals surface area contributed by atoms with Crippen molar-refractivity contribution in [3.63, 3.8) is 0 Å². The van der Waals surface area contributed by atoms with Gasteiger partial charge in [-0.2, -0.15) is 10.2 Å². The number of aliphatic hydroxyl groups excluding tert-OH is 1. The van der Waals surface area contributed by atoms with Gasteiger partial charge in [0.15, 0.2) is 5.82 Å². The molecule has 0 spiro atoms. The van der Waals surface area contributed by atoms with Gasteiger partial charge in [0.1, 0.15) is 11.6 Å². The van der Waals surface area contributed by atoms with Crippen LogP contribution in [-0.2, 0) is 4.74 Å². The van der Waals surface area contributed by atoms with Crippen LogP contribution in [0, 0.1) is 5.92 Å². The number of fused-ring (bicyclic) bond motifs is 1. The van der Waals surface area contributed by atoms with Gasteiger partial charge in [0.2, 0.25) is 0 Å². The number of morpholine rings is 1. The van der Waals surface area contributed by atoms with Crippen LogP contribution in [-0.4, -0.2) is 83.2 Å². The van der Waals surface area contributed by atoms with E-state index in [2.05, 4.69) is 58.5 Å². The van der Waals surface area contributed by atoms with Crippen LogP contribution < -0.4 is 14.7 Å². The van der Waals surface area contributed by atoms with E-state index in [-0.39, 0.29) is 5.92 Å². The molecular weight excluding hydrogens is 444 g/mol. The fraction of sp³-hybridized carbons (Fsp3) is 0.560. The monoisotopic (exact) mass is 476 g/mol. The summed E-state index contributed by atoms with van der Waals surface area (Å²) in [5.74, 6) is 0.877. The van der Waals surface area contributed by atoms with E-state index in [1.54, 1.807) is 6.20 Å². The maximum Gasteiger partial charge on any atom is 0.162 e. The highest BCUT2D eigenvalue weighted by Gasteiger charge is 2.30. The Morgan fingerprint density at radius 1 is 0.857 bits per heavy atom. The van der Waals surface area contributed by atoms with Crippen molar-refractivity contribution in [1.29, 1.82) is 0 Å². The predicted molar refractivity (Wildman–Crippen MR) is 134 cm³/mol. The molecule has 6 rings (SSSR count). The molecule has 1 aromatic carbocycles. The van der Waals surface area contributed by atoms with Gasteiger partial charge in [-0.3, -0.25) is 0 Å². The molecule has 10 nitrogen and oxygen atoms in total. The summed E-state index contributed by atoms with van der Waals surface area (Å²) >= 11 is 0. The number of ether oxygens (including phenoxy) is 1. The number of anilines is 3. The molecule has 0 bridgehead atoms. The number of hydrogen-bond donors (Lipinski definition) is 1. The van der Waals surface area contributed by atoms with Crippen LogP contribution in [0.25, 0.3) is 10.9 Å². The summed E-state index contributed by atoms with van der Waals surface area (Å²) in [5.41, 5.74) is 3.69. The van der Waals surface area contributed by atoms with Crippen molar-refractivity contribution >= 4 is 28.1 Å². The van der Waals surface area contributed by atoms with E-state index in [1.165, 1.54) is 12.8 Å². The van der Waals surface area contributed by atoms with Crippen molar-refractivity contribution in [3.05, 3.63) is 36.2 Å². The van der Waals surface area contributed by atoms with Gasteiger partial charge in [0, 0.05) is 56.3 Å². The Bertz CT molecular complexity index is 1170. The quantitative estimate of drug-likeness (QED) is 0.589. The topological polar surface area (TPSA) is 104 Å². The number of nitrogens with zero attached hydrogens (tertiary/aromatic N) is 8. The first-order chi connectivity index (χ1) is 17.3. The molecule has 2 aromatic heterocycles. The SMILES string of the molecule is O[C@H](c1cc(N2CCCC2)cnn1)[C@H]1CCCN(c2nnnc3cc(N4CCOCC4)ccc23)C1. The molecule has 3 aromatic rings. The number of benzene rings is 1. The second-order valence-corrected chi connectivity index (χ2v) is 9.74. The van der Waals surface area contributed by atoms with Crippen molar-refractivity contribution in [2.45, 2.75) is 31.8 Å². The second kappa shape index (κ2) is 9.87. The minimum absolute atomic E-state index is 0.0458. The minimum atomic E-state index is -0.665. The molecule has 0 aliphatic carbocycles. The van der Waals surface area contributed by atoms with E-state index >= 15 is 0 Å². The molecule has 0 saturated carbocycles. The molecule has 0 unspecified atom stereocenters. The van der Waals surface area contributed by atoms with Crippen LogP contribution in [0.1, 0.15) is 37.5 Å². The summed E-state index contributed by atoms with van der Waals surface area (Å²) in [5, 5.41) is 33.6. The molecule has 2 atom stereocenters. The third-order valence-electron chi connectivity index (χ3n) is 7.53. The number of aromatic nitrogens is 5. The summed E-state index contributed by atoms with van der Waals surface area (Å²) in [6.07, 6.45) is 5.45. The molecule has 1 N–H and O–H groups in total. The van der Waals surface area contributed by atoms with Crippen molar-refractivity contribution < 1.29 is 9.84 Å². The van der Waals surface area contributed by atoms with Crippen LogP contribution >= 0.6 is 0 Å². The molecular formula is C25H32N8O2. The molecule has 0 amide bonds. The first-order valence-corrected chi connectivity index (χ1v) is 12.7. The molecule has 35 heavy (non-hydrogen) atoms. The Kier molecular flexibility index (Phi) is 6.30. The smallest absolute Gasteiger partial charge is 0.162 e. The lowest BCUT2D eigenvalue weighted by Crippen LogP contribution is -2.39. The molecule has 0 radical (unpaired) electrons. The van der Waals surface area contributed by atoms with Gasteiger partial charge in [0.05, 0.1) is 30.8 Å². The standard InChI is InChI=1S/C25H32N8O2/c34-24(23-15-20(16-26-27-23)31-7-1-2-8-31)18-4-3-9-33(17-18)25-21-6-5-19(14-22(21)28-30-29-25)32-10-12-35-13-11-32/h5-6,14-16,18,24,34H,1-4,7-13,17H2/t18-,24-/m0/s1.